The molecular weight excluding hydrogens is 220 g/mol. The summed E-state index contributed by atoms with van der Waals surface area (Å²) < 4.78 is 0. The van der Waals surface area contributed by atoms with Crippen LogP contribution in [0.1, 0.15) is 5.56 Å². The summed E-state index contributed by atoms with van der Waals surface area (Å²) in [5, 5.41) is 8.57. The lowest BCUT2D eigenvalue weighted by molar-refractivity contribution is 1.03. The number of nitrogens with one attached hydrogen (secondary N) is 2. The van der Waals surface area contributed by atoms with Crippen LogP contribution in [0.5, 0.6) is 0 Å². The zero-order valence-corrected chi connectivity index (χ0v) is 8.94. The van der Waals surface area contributed by atoms with Crippen LogP contribution in [0.25, 0.3) is 21.9 Å². The summed E-state index contributed by atoms with van der Waals surface area (Å²) in [6, 6.07) is 5.54. The molecule has 3 aromatic rings. The smallest absolute Gasteiger partial charge is 0.305 e. The van der Waals surface area contributed by atoms with E-state index in [1.165, 1.54) is 0 Å². The van der Waals surface area contributed by atoms with E-state index < -0.39 is 11.2 Å². The van der Waals surface area contributed by atoms with E-state index in [1.54, 1.807) is 6.07 Å². The van der Waals surface area contributed by atoms with Gasteiger partial charge in [0.05, 0.1) is 11.0 Å². The van der Waals surface area contributed by atoms with Crippen LogP contribution in [-0.2, 0) is 0 Å². The lowest BCUT2D eigenvalue weighted by atomic mass is 10.1. The lowest BCUT2D eigenvalue weighted by Gasteiger charge is -2.02. The van der Waals surface area contributed by atoms with Gasteiger partial charge < -0.3 is 4.98 Å². The molecule has 6 heteroatoms. The largest absolute Gasteiger partial charge is 0.326 e. The maximum absolute atomic E-state index is 11.6. The van der Waals surface area contributed by atoms with Crippen LogP contribution in [0.15, 0.2) is 27.8 Å². The molecule has 0 spiro atoms. The molecular formula is C11H8N4O2. The van der Waals surface area contributed by atoms with Crippen molar-refractivity contribution < 1.29 is 0 Å². The molecule has 0 fully saturated rings. The van der Waals surface area contributed by atoms with Crippen LogP contribution >= 0.6 is 0 Å². The summed E-state index contributed by atoms with van der Waals surface area (Å²) in [4.78, 5) is 27.5. The Morgan fingerprint density at radius 2 is 1.82 bits per heavy atom. The highest BCUT2D eigenvalue weighted by Crippen LogP contribution is 2.19. The average molecular weight is 228 g/mol. The Morgan fingerprint density at radius 3 is 2.65 bits per heavy atom. The van der Waals surface area contributed by atoms with Gasteiger partial charge >= 0.3 is 5.69 Å². The molecule has 17 heavy (non-hydrogen) atoms. The molecule has 0 bridgehead atoms. The van der Waals surface area contributed by atoms with Crippen molar-refractivity contribution in [2.45, 2.75) is 6.92 Å². The molecule has 2 heterocycles. The zero-order chi connectivity index (χ0) is 12.0. The highest BCUT2D eigenvalue weighted by Gasteiger charge is 2.08. The standard InChI is InChI=1S/C11H8N4O2/c1-5-3-2-4-6-7(5)14-15-9-8(6)12-11(17)13-10(9)16/h2-4H,1H3,(H2,12,13,16,17). The van der Waals surface area contributed by atoms with Crippen LogP contribution in [-0.4, -0.2) is 20.2 Å². The van der Waals surface area contributed by atoms with Gasteiger partial charge in [0.25, 0.3) is 5.56 Å². The second-order valence-corrected chi connectivity index (χ2v) is 3.80. The van der Waals surface area contributed by atoms with Gasteiger partial charge in [0.15, 0.2) is 5.52 Å². The first-order valence-corrected chi connectivity index (χ1v) is 5.05. The van der Waals surface area contributed by atoms with Gasteiger partial charge in [-0.25, -0.2) is 4.79 Å². The van der Waals surface area contributed by atoms with Gasteiger partial charge in [0, 0.05) is 5.39 Å². The monoisotopic (exact) mass is 228 g/mol. The number of aromatic nitrogens is 4. The normalized spacial score (nSPS) is 11.1. The molecule has 1 aromatic carbocycles. The van der Waals surface area contributed by atoms with Crippen LogP contribution in [0, 0.1) is 6.92 Å². The number of aryl methyl sites for hydroxylation is 1. The molecule has 6 nitrogen and oxygen atoms in total. The number of benzene rings is 1. The summed E-state index contributed by atoms with van der Waals surface area (Å²) in [5.41, 5.74) is 1.12. The predicted molar refractivity (Wildman–Crippen MR) is 63.0 cm³/mol. The van der Waals surface area contributed by atoms with Crippen molar-refractivity contribution in [1.29, 1.82) is 0 Å². The average Bonchev–Trinajstić information content (AvgIpc) is 2.29. The van der Waals surface area contributed by atoms with E-state index >= 15 is 0 Å². The van der Waals surface area contributed by atoms with Crippen LogP contribution < -0.4 is 11.2 Å². The van der Waals surface area contributed by atoms with Crippen molar-refractivity contribution in [2.24, 2.45) is 0 Å². The van der Waals surface area contributed by atoms with E-state index in [0.29, 0.717) is 11.0 Å². The van der Waals surface area contributed by atoms with E-state index in [1.807, 2.05) is 19.1 Å². The molecule has 0 saturated heterocycles. The highest BCUT2D eigenvalue weighted by molar-refractivity contribution is 6.01. The fraction of sp³-hybridized carbons (Fsp3) is 0.0909. The lowest BCUT2D eigenvalue weighted by Crippen LogP contribution is -2.23. The minimum atomic E-state index is -0.543. The molecule has 0 aliphatic heterocycles. The number of hydrogen-bond acceptors (Lipinski definition) is 4. The number of nitrogens with zero attached hydrogens (tertiary/aromatic N) is 2. The van der Waals surface area contributed by atoms with Crippen LogP contribution in [0.2, 0.25) is 0 Å². The van der Waals surface area contributed by atoms with Gasteiger partial charge in [-0.3, -0.25) is 9.78 Å². The van der Waals surface area contributed by atoms with Crippen LogP contribution in [0.3, 0.4) is 0 Å². The zero-order valence-electron chi connectivity index (χ0n) is 8.94. The SMILES string of the molecule is Cc1cccc2c1nnc1c(=O)[nH]c(=O)[nH]c12. The Balaban J connectivity index is 2.70. The van der Waals surface area contributed by atoms with Crippen molar-refractivity contribution in [3.63, 3.8) is 0 Å². The maximum atomic E-state index is 11.6. The molecule has 0 aliphatic rings. The summed E-state index contributed by atoms with van der Waals surface area (Å²) in [6.45, 7) is 1.90. The summed E-state index contributed by atoms with van der Waals surface area (Å²) in [5.74, 6) is 0. The Labute approximate surface area is 94.3 Å². The van der Waals surface area contributed by atoms with Gasteiger partial charge in [-0.1, -0.05) is 18.2 Å². The van der Waals surface area contributed by atoms with Crippen molar-refractivity contribution in [3.8, 4) is 0 Å². The van der Waals surface area contributed by atoms with Gasteiger partial charge in [-0.15, -0.1) is 10.2 Å². The summed E-state index contributed by atoms with van der Waals surface area (Å²) in [7, 11) is 0. The number of hydrogen-bond donors (Lipinski definition) is 2. The Hall–Kier alpha value is -2.50. The van der Waals surface area contributed by atoms with E-state index in [9.17, 15) is 9.59 Å². The number of fused-ring (bicyclic) bond motifs is 3. The quantitative estimate of drug-likeness (QED) is 0.547. The van der Waals surface area contributed by atoms with Crippen molar-refractivity contribution in [1.82, 2.24) is 20.2 Å². The van der Waals surface area contributed by atoms with Crippen LogP contribution in [0.4, 0.5) is 0 Å². The van der Waals surface area contributed by atoms with Crippen molar-refractivity contribution in [2.75, 3.05) is 0 Å². The second-order valence-electron chi connectivity index (χ2n) is 3.80. The van der Waals surface area contributed by atoms with Gasteiger partial charge in [0.2, 0.25) is 0 Å². The predicted octanol–water partition coefficient (Wildman–Crippen LogP) is 0.468. The summed E-state index contributed by atoms with van der Waals surface area (Å²) >= 11 is 0. The molecule has 0 saturated carbocycles. The molecule has 0 radical (unpaired) electrons. The Kier molecular flexibility index (Phi) is 1.85. The third kappa shape index (κ3) is 1.34. The van der Waals surface area contributed by atoms with E-state index in [4.69, 9.17) is 0 Å². The molecule has 0 atom stereocenters. The fourth-order valence-electron chi connectivity index (χ4n) is 1.86. The molecule has 3 rings (SSSR count). The fourth-order valence-corrected chi connectivity index (χ4v) is 1.86. The third-order valence-electron chi connectivity index (χ3n) is 2.67. The minimum absolute atomic E-state index is 0.141. The summed E-state index contributed by atoms with van der Waals surface area (Å²) in [6.07, 6.45) is 0. The van der Waals surface area contributed by atoms with E-state index in [0.717, 1.165) is 10.9 Å². The molecule has 0 amide bonds. The molecule has 0 unspecified atom stereocenters. The number of rotatable bonds is 0. The molecule has 2 aromatic heterocycles. The molecule has 84 valence electrons. The maximum Gasteiger partial charge on any atom is 0.326 e. The Bertz CT molecular complexity index is 847. The third-order valence-corrected chi connectivity index (χ3v) is 2.67. The molecule has 2 N–H and O–H groups in total. The molecule has 0 aliphatic carbocycles. The van der Waals surface area contributed by atoms with Crippen molar-refractivity contribution >= 4 is 21.9 Å². The highest BCUT2D eigenvalue weighted by atomic mass is 16.2. The second kappa shape index (κ2) is 3.24. The van der Waals surface area contributed by atoms with E-state index in [-0.39, 0.29) is 5.52 Å². The Morgan fingerprint density at radius 1 is 1.06 bits per heavy atom. The van der Waals surface area contributed by atoms with E-state index in [2.05, 4.69) is 20.2 Å². The minimum Gasteiger partial charge on any atom is -0.305 e. The topological polar surface area (TPSA) is 91.5 Å². The van der Waals surface area contributed by atoms with Gasteiger partial charge in [-0.2, -0.15) is 0 Å². The first-order chi connectivity index (χ1) is 8.16. The van der Waals surface area contributed by atoms with Crippen molar-refractivity contribution in [3.05, 3.63) is 44.6 Å². The van der Waals surface area contributed by atoms with Gasteiger partial charge in [0.1, 0.15) is 0 Å². The first kappa shape index (κ1) is 9.71. The number of aromatic amines is 2. The first-order valence-electron chi connectivity index (χ1n) is 5.05. The number of H-pyrrole nitrogens is 2. The van der Waals surface area contributed by atoms with Gasteiger partial charge in [-0.05, 0) is 12.5 Å².